The van der Waals surface area contributed by atoms with Crippen LogP contribution in [0.15, 0.2) is 36.4 Å². The highest BCUT2D eigenvalue weighted by Crippen LogP contribution is 2.40. The molecule has 3 aromatic carbocycles. The van der Waals surface area contributed by atoms with Gasteiger partial charge in [0, 0.05) is 19.1 Å². The van der Waals surface area contributed by atoms with Gasteiger partial charge in [-0.15, -0.1) is 24.8 Å². The summed E-state index contributed by atoms with van der Waals surface area (Å²) in [5.74, 6) is 2.48. The summed E-state index contributed by atoms with van der Waals surface area (Å²) in [5, 5.41) is 4.76. The molecule has 0 bridgehead atoms. The lowest BCUT2D eigenvalue weighted by atomic mass is 9.95. The summed E-state index contributed by atoms with van der Waals surface area (Å²) in [4.78, 5) is 2.46. The molecule has 0 aromatic heterocycles. The molecule has 2 aliphatic heterocycles. The molecule has 5 rings (SSSR count). The Hall–Kier alpha value is -1.92. The first-order valence-corrected chi connectivity index (χ1v) is 9.52. The minimum atomic E-state index is 0. The van der Waals surface area contributed by atoms with Gasteiger partial charge >= 0.3 is 0 Å². The van der Waals surface area contributed by atoms with E-state index in [1.54, 1.807) is 7.11 Å². The Labute approximate surface area is 182 Å². The molecule has 0 unspecified atom stereocenters. The highest BCUT2D eigenvalue weighted by molar-refractivity contribution is 6.10. The fourth-order valence-corrected chi connectivity index (χ4v) is 4.34. The molecule has 2 N–H and O–H groups in total. The number of rotatable bonds is 3. The van der Waals surface area contributed by atoms with E-state index < -0.39 is 0 Å². The van der Waals surface area contributed by atoms with Crippen molar-refractivity contribution >= 4 is 46.4 Å². The first kappa shape index (κ1) is 21.8. The molecular weight excluding hydrogens is 411 g/mol. The minimum absolute atomic E-state index is 0. The Morgan fingerprint density at radius 3 is 2.59 bits per heavy atom. The number of fused-ring (bicyclic) bond motifs is 4. The summed E-state index contributed by atoms with van der Waals surface area (Å²) < 4.78 is 16.7. The predicted octanol–water partition coefficient (Wildman–Crippen LogP) is 4.50. The minimum Gasteiger partial charge on any atom is -0.497 e. The first-order valence-electron chi connectivity index (χ1n) is 9.52. The van der Waals surface area contributed by atoms with E-state index in [1.165, 1.54) is 22.8 Å². The monoisotopic (exact) mass is 436 g/mol. The highest BCUT2D eigenvalue weighted by atomic mass is 35.5. The topological polar surface area (TPSA) is 57.0 Å². The number of nitrogens with zero attached hydrogens (tertiary/aromatic N) is 1. The van der Waals surface area contributed by atoms with Gasteiger partial charge in [-0.2, -0.15) is 0 Å². The average molecular weight is 437 g/mol. The maximum absolute atomic E-state index is 6.19. The van der Waals surface area contributed by atoms with Gasteiger partial charge in [0.05, 0.1) is 7.11 Å². The van der Waals surface area contributed by atoms with E-state index in [0.717, 1.165) is 54.1 Å². The third-order valence-electron chi connectivity index (χ3n) is 5.67. The van der Waals surface area contributed by atoms with Gasteiger partial charge in [-0.05, 0) is 76.8 Å². The molecule has 0 spiro atoms. The molecule has 156 valence electrons. The summed E-state index contributed by atoms with van der Waals surface area (Å²) in [6, 6.07) is 13.0. The van der Waals surface area contributed by atoms with E-state index in [4.69, 9.17) is 19.9 Å². The van der Waals surface area contributed by atoms with Gasteiger partial charge < -0.3 is 19.9 Å². The summed E-state index contributed by atoms with van der Waals surface area (Å²) >= 11 is 0. The van der Waals surface area contributed by atoms with Crippen molar-refractivity contribution in [1.29, 1.82) is 0 Å². The average Bonchev–Trinajstić information content (AvgIpc) is 3.13. The summed E-state index contributed by atoms with van der Waals surface area (Å²) in [5.41, 5.74) is 7.51. The molecule has 29 heavy (non-hydrogen) atoms. The number of hydrogen-bond donors (Lipinski definition) is 1. The summed E-state index contributed by atoms with van der Waals surface area (Å²) in [6.45, 7) is 3.24. The van der Waals surface area contributed by atoms with Gasteiger partial charge in [-0.1, -0.05) is 6.07 Å². The van der Waals surface area contributed by atoms with Crippen molar-refractivity contribution in [3.8, 4) is 17.2 Å². The number of halogens is 2. The number of methoxy groups -OCH3 is 1. The normalized spacial score (nSPS) is 18.3. The van der Waals surface area contributed by atoms with Gasteiger partial charge in [-0.3, -0.25) is 4.90 Å². The number of likely N-dealkylation sites (tertiary alicyclic amines) is 1. The van der Waals surface area contributed by atoms with Crippen LogP contribution in [-0.2, 0) is 6.54 Å². The fourth-order valence-electron chi connectivity index (χ4n) is 4.34. The summed E-state index contributed by atoms with van der Waals surface area (Å²) in [6.07, 6.45) is 2.29. The molecular formula is C22H26Cl2N2O3. The van der Waals surface area contributed by atoms with E-state index in [1.807, 2.05) is 6.07 Å². The second-order valence-corrected chi connectivity index (χ2v) is 7.51. The second-order valence-electron chi connectivity index (χ2n) is 7.51. The molecule has 0 amide bonds. The zero-order valence-electron chi connectivity index (χ0n) is 16.3. The van der Waals surface area contributed by atoms with Crippen LogP contribution in [0.1, 0.15) is 18.4 Å². The van der Waals surface area contributed by atoms with Crippen LogP contribution in [0.25, 0.3) is 21.5 Å². The quantitative estimate of drug-likeness (QED) is 0.612. The Morgan fingerprint density at radius 2 is 1.83 bits per heavy atom. The van der Waals surface area contributed by atoms with Gasteiger partial charge in [0.2, 0.25) is 6.79 Å². The third kappa shape index (κ3) is 4.05. The number of piperidine rings is 1. The molecule has 1 fully saturated rings. The number of benzene rings is 3. The fraction of sp³-hybridized carbons (Fsp3) is 0.364. The van der Waals surface area contributed by atoms with Crippen LogP contribution in [-0.4, -0.2) is 37.9 Å². The van der Waals surface area contributed by atoms with Crippen LogP contribution >= 0.6 is 24.8 Å². The lowest BCUT2D eigenvalue weighted by Crippen LogP contribution is -2.42. The molecule has 2 aliphatic rings. The summed E-state index contributed by atoms with van der Waals surface area (Å²) in [7, 11) is 1.71. The van der Waals surface area contributed by atoms with Crippen LogP contribution in [0.3, 0.4) is 0 Å². The SMILES string of the molecule is COc1ccc2c(CN3CCC[C@H](N)C3)cc3cc4c(cc3c2c1)OCO4.Cl.Cl. The van der Waals surface area contributed by atoms with Crippen molar-refractivity contribution in [1.82, 2.24) is 4.90 Å². The van der Waals surface area contributed by atoms with Crippen LogP contribution in [0.4, 0.5) is 0 Å². The first-order chi connectivity index (χ1) is 13.2. The molecule has 2 heterocycles. The van der Waals surface area contributed by atoms with Crippen molar-refractivity contribution in [2.45, 2.75) is 25.4 Å². The molecule has 1 atom stereocenters. The second kappa shape index (κ2) is 8.84. The van der Waals surface area contributed by atoms with Crippen molar-refractivity contribution in [2.24, 2.45) is 5.73 Å². The Balaban J connectivity index is 0.00000120. The zero-order valence-corrected chi connectivity index (χ0v) is 18.0. The standard InChI is InChI=1S/C22H24N2O3.2ClH/c1-25-17-4-5-18-15(11-24-6-2-3-16(23)12-24)7-14-8-21-22(27-13-26-21)10-19(14)20(18)9-17;;/h4-5,7-10,16H,2-3,6,11-13,23H2,1H3;2*1H/t16-;;/m0../s1. The van der Waals surface area contributed by atoms with Crippen LogP contribution in [0.5, 0.6) is 17.2 Å². The zero-order chi connectivity index (χ0) is 18.4. The van der Waals surface area contributed by atoms with Gasteiger partial charge in [-0.25, -0.2) is 0 Å². The molecule has 7 heteroatoms. The van der Waals surface area contributed by atoms with E-state index in [0.29, 0.717) is 0 Å². The van der Waals surface area contributed by atoms with Gasteiger partial charge in [0.1, 0.15) is 5.75 Å². The van der Waals surface area contributed by atoms with E-state index >= 15 is 0 Å². The molecule has 0 aliphatic carbocycles. The van der Waals surface area contributed by atoms with Crippen LogP contribution in [0, 0.1) is 0 Å². The Bertz CT molecular complexity index is 1030. The maximum atomic E-state index is 6.19. The van der Waals surface area contributed by atoms with E-state index in [-0.39, 0.29) is 37.6 Å². The highest BCUT2D eigenvalue weighted by Gasteiger charge is 2.20. The largest absolute Gasteiger partial charge is 0.497 e. The number of hydrogen-bond acceptors (Lipinski definition) is 5. The lowest BCUT2D eigenvalue weighted by Gasteiger charge is -2.31. The van der Waals surface area contributed by atoms with Crippen LogP contribution in [0.2, 0.25) is 0 Å². The van der Waals surface area contributed by atoms with Gasteiger partial charge in [0.15, 0.2) is 11.5 Å². The third-order valence-corrected chi connectivity index (χ3v) is 5.67. The number of ether oxygens (including phenoxy) is 3. The molecule has 0 radical (unpaired) electrons. The predicted molar refractivity (Wildman–Crippen MR) is 121 cm³/mol. The number of nitrogens with two attached hydrogens (primary N) is 1. The van der Waals surface area contributed by atoms with Crippen molar-refractivity contribution in [3.05, 3.63) is 42.0 Å². The van der Waals surface area contributed by atoms with E-state index in [2.05, 4.69) is 35.2 Å². The van der Waals surface area contributed by atoms with Crippen molar-refractivity contribution in [2.75, 3.05) is 27.0 Å². The van der Waals surface area contributed by atoms with Gasteiger partial charge in [0.25, 0.3) is 0 Å². The smallest absolute Gasteiger partial charge is 0.231 e. The Morgan fingerprint density at radius 1 is 1.03 bits per heavy atom. The maximum Gasteiger partial charge on any atom is 0.231 e. The van der Waals surface area contributed by atoms with Crippen molar-refractivity contribution < 1.29 is 14.2 Å². The van der Waals surface area contributed by atoms with E-state index in [9.17, 15) is 0 Å². The van der Waals surface area contributed by atoms with Crippen molar-refractivity contribution in [3.63, 3.8) is 0 Å². The molecule has 3 aromatic rings. The van der Waals surface area contributed by atoms with Crippen LogP contribution < -0.4 is 19.9 Å². The Kier molecular flexibility index (Phi) is 6.64. The molecule has 1 saturated heterocycles. The molecule has 0 saturated carbocycles. The molecule has 5 nitrogen and oxygen atoms in total. The lowest BCUT2D eigenvalue weighted by molar-refractivity contribution is 0.174.